The Balaban J connectivity index is 1.60. The normalized spacial score (nSPS) is 18.0. The highest BCUT2D eigenvalue weighted by Crippen LogP contribution is 2.15. The largest absolute Gasteiger partial charge is 0.473 e. The molecule has 0 aliphatic carbocycles. The summed E-state index contributed by atoms with van der Waals surface area (Å²) in [5, 5.41) is 2.91. The van der Waals surface area contributed by atoms with Crippen molar-refractivity contribution in [1.82, 2.24) is 14.6 Å². The van der Waals surface area contributed by atoms with Crippen LogP contribution in [0.3, 0.4) is 0 Å². The van der Waals surface area contributed by atoms with Crippen molar-refractivity contribution >= 4 is 15.9 Å². The van der Waals surface area contributed by atoms with Crippen LogP contribution in [0.15, 0.2) is 48.7 Å². The zero-order valence-corrected chi connectivity index (χ0v) is 16.0. The van der Waals surface area contributed by atoms with Crippen molar-refractivity contribution in [2.24, 2.45) is 0 Å². The Bertz CT molecular complexity index is 887. The van der Waals surface area contributed by atoms with Crippen LogP contribution in [-0.4, -0.2) is 49.0 Å². The third-order valence-electron chi connectivity index (χ3n) is 4.41. The zero-order valence-electron chi connectivity index (χ0n) is 15.2. The number of hydrogen-bond acceptors (Lipinski definition) is 5. The molecule has 1 aliphatic heterocycles. The van der Waals surface area contributed by atoms with E-state index in [1.807, 2.05) is 30.3 Å². The summed E-state index contributed by atoms with van der Waals surface area (Å²) in [6.45, 7) is 1.16. The second-order valence-corrected chi connectivity index (χ2v) is 8.57. The van der Waals surface area contributed by atoms with Gasteiger partial charge in [0.05, 0.1) is 6.26 Å². The Morgan fingerprint density at radius 3 is 2.81 bits per heavy atom. The van der Waals surface area contributed by atoms with Crippen LogP contribution in [0.25, 0.3) is 0 Å². The summed E-state index contributed by atoms with van der Waals surface area (Å²) in [7, 11) is -3.25. The number of nitrogens with one attached hydrogen (secondary N) is 1. The third-order valence-corrected chi connectivity index (χ3v) is 5.68. The molecular weight excluding hydrogens is 366 g/mol. The van der Waals surface area contributed by atoms with Gasteiger partial charge in [0.25, 0.3) is 5.91 Å². The van der Waals surface area contributed by atoms with Crippen LogP contribution in [0.2, 0.25) is 0 Å². The number of sulfonamides is 1. The number of piperidine rings is 1. The standard InChI is InChI=1S/C19H23N3O4S/c1-27(24,25)22-11-5-8-17(13-22)21-19(23)16-9-10-20-18(12-16)26-14-15-6-3-2-4-7-15/h2-4,6-7,9-10,12,17H,5,8,11,13-14H2,1H3,(H,21,23). The van der Waals surface area contributed by atoms with Crippen LogP contribution < -0.4 is 10.1 Å². The molecule has 27 heavy (non-hydrogen) atoms. The van der Waals surface area contributed by atoms with E-state index in [9.17, 15) is 13.2 Å². The number of aromatic nitrogens is 1. The topological polar surface area (TPSA) is 88.6 Å². The number of ether oxygens (including phenoxy) is 1. The number of amides is 1. The van der Waals surface area contributed by atoms with Crippen molar-refractivity contribution in [3.8, 4) is 5.88 Å². The molecule has 0 spiro atoms. The van der Waals surface area contributed by atoms with Crippen LogP contribution in [-0.2, 0) is 16.6 Å². The molecule has 2 heterocycles. The van der Waals surface area contributed by atoms with E-state index in [1.54, 1.807) is 12.1 Å². The first-order valence-corrected chi connectivity index (χ1v) is 10.7. The molecule has 1 saturated heterocycles. The lowest BCUT2D eigenvalue weighted by Crippen LogP contribution is -2.49. The average Bonchev–Trinajstić information content (AvgIpc) is 2.67. The number of pyridine rings is 1. The maximum Gasteiger partial charge on any atom is 0.251 e. The van der Waals surface area contributed by atoms with Crippen molar-refractivity contribution in [2.75, 3.05) is 19.3 Å². The summed E-state index contributed by atoms with van der Waals surface area (Å²) in [5.74, 6) is 0.107. The number of rotatable bonds is 6. The number of hydrogen-bond donors (Lipinski definition) is 1. The van der Waals surface area contributed by atoms with Gasteiger partial charge >= 0.3 is 0 Å². The molecule has 3 rings (SSSR count). The quantitative estimate of drug-likeness (QED) is 0.814. The number of nitrogens with zero attached hydrogens (tertiary/aromatic N) is 2. The summed E-state index contributed by atoms with van der Waals surface area (Å²) in [4.78, 5) is 16.7. The molecule has 1 aromatic heterocycles. The fourth-order valence-electron chi connectivity index (χ4n) is 2.99. The fraction of sp³-hybridized carbons (Fsp3) is 0.368. The summed E-state index contributed by atoms with van der Waals surface area (Å²) in [6.07, 6.45) is 4.19. The second-order valence-electron chi connectivity index (χ2n) is 6.59. The van der Waals surface area contributed by atoms with E-state index < -0.39 is 10.0 Å². The zero-order chi connectivity index (χ0) is 19.3. The van der Waals surface area contributed by atoms with Crippen LogP contribution >= 0.6 is 0 Å². The molecule has 7 nitrogen and oxygen atoms in total. The van der Waals surface area contributed by atoms with Gasteiger partial charge in [-0.15, -0.1) is 0 Å². The van der Waals surface area contributed by atoms with Crippen molar-refractivity contribution in [1.29, 1.82) is 0 Å². The molecule has 1 N–H and O–H groups in total. The van der Waals surface area contributed by atoms with E-state index in [-0.39, 0.29) is 11.9 Å². The molecule has 144 valence electrons. The van der Waals surface area contributed by atoms with Gasteiger partial charge in [-0.3, -0.25) is 4.79 Å². The van der Waals surface area contributed by atoms with E-state index in [1.165, 1.54) is 16.8 Å². The van der Waals surface area contributed by atoms with Gasteiger partial charge in [-0.05, 0) is 24.5 Å². The SMILES string of the molecule is CS(=O)(=O)N1CCCC(NC(=O)c2ccnc(OCc3ccccc3)c2)C1. The molecule has 0 bridgehead atoms. The van der Waals surface area contributed by atoms with E-state index in [2.05, 4.69) is 10.3 Å². The smallest absolute Gasteiger partial charge is 0.251 e. The van der Waals surface area contributed by atoms with Gasteiger partial charge in [0.2, 0.25) is 15.9 Å². The van der Waals surface area contributed by atoms with Gasteiger partial charge in [0.1, 0.15) is 6.61 Å². The number of carbonyl (C=O) groups is 1. The Morgan fingerprint density at radius 2 is 2.07 bits per heavy atom. The predicted molar refractivity (Wildman–Crippen MR) is 102 cm³/mol. The van der Waals surface area contributed by atoms with E-state index in [0.717, 1.165) is 18.4 Å². The Kier molecular flexibility index (Phi) is 6.08. The van der Waals surface area contributed by atoms with Crippen LogP contribution in [0.1, 0.15) is 28.8 Å². The Hall–Kier alpha value is -2.45. The van der Waals surface area contributed by atoms with Crippen molar-refractivity contribution in [3.05, 3.63) is 59.8 Å². The molecule has 1 fully saturated rings. The van der Waals surface area contributed by atoms with E-state index in [0.29, 0.717) is 31.1 Å². The summed E-state index contributed by atoms with van der Waals surface area (Å²) >= 11 is 0. The first-order valence-electron chi connectivity index (χ1n) is 8.80. The summed E-state index contributed by atoms with van der Waals surface area (Å²) < 4.78 is 30.5. The van der Waals surface area contributed by atoms with Crippen LogP contribution in [0, 0.1) is 0 Å². The van der Waals surface area contributed by atoms with E-state index >= 15 is 0 Å². The highest BCUT2D eigenvalue weighted by molar-refractivity contribution is 7.88. The maximum absolute atomic E-state index is 12.5. The lowest BCUT2D eigenvalue weighted by Gasteiger charge is -2.31. The first kappa shape index (κ1) is 19.3. The van der Waals surface area contributed by atoms with E-state index in [4.69, 9.17) is 4.74 Å². The Labute approximate surface area is 159 Å². The number of carbonyl (C=O) groups excluding carboxylic acids is 1. The minimum atomic E-state index is -3.25. The lowest BCUT2D eigenvalue weighted by molar-refractivity contribution is 0.0920. The van der Waals surface area contributed by atoms with Crippen molar-refractivity contribution < 1.29 is 17.9 Å². The average molecular weight is 389 g/mol. The van der Waals surface area contributed by atoms with Gasteiger partial charge in [0.15, 0.2) is 0 Å². The molecule has 1 unspecified atom stereocenters. The van der Waals surface area contributed by atoms with Gasteiger partial charge in [-0.25, -0.2) is 17.7 Å². The summed E-state index contributed by atoms with van der Waals surface area (Å²) in [5.41, 5.74) is 1.45. The fourth-order valence-corrected chi connectivity index (χ4v) is 3.90. The number of benzene rings is 1. The molecule has 2 aromatic rings. The molecule has 8 heteroatoms. The van der Waals surface area contributed by atoms with Crippen LogP contribution in [0.5, 0.6) is 5.88 Å². The molecule has 0 radical (unpaired) electrons. The maximum atomic E-state index is 12.5. The third kappa shape index (κ3) is 5.51. The lowest BCUT2D eigenvalue weighted by atomic mass is 10.1. The van der Waals surface area contributed by atoms with Gasteiger partial charge < -0.3 is 10.1 Å². The van der Waals surface area contributed by atoms with Gasteiger partial charge in [0, 0.05) is 37.0 Å². The van der Waals surface area contributed by atoms with Crippen molar-refractivity contribution in [2.45, 2.75) is 25.5 Å². The molecule has 1 amide bonds. The van der Waals surface area contributed by atoms with Crippen molar-refractivity contribution in [3.63, 3.8) is 0 Å². The minimum Gasteiger partial charge on any atom is -0.473 e. The van der Waals surface area contributed by atoms with Gasteiger partial charge in [-0.1, -0.05) is 30.3 Å². The summed E-state index contributed by atoms with van der Waals surface area (Å²) in [6, 6.07) is 12.7. The molecule has 1 aromatic carbocycles. The monoisotopic (exact) mass is 389 g/mol. The van der Waals surface area contributed by atoms with Crippen LogP contribution in [0.4, 0.5) is 0 Å². The molecular formula is C19H23N3O4S. The minimum absolute atomic E-state index is 0.206. The first-order chi connectivity index (χ1) is 12.9. The molecule has 0 saturated carbocycles. The predicted octanol–water partition coefficient (Wildman–Crippen LogP) is 1.81. The highest BCUT2D eigenvalue weighted by atomic mass is 32.2. The van der Waals surface area contributed by atoms with Gasteiger partial charge in [-0.2, -0.15) is 0 Å². The highest BCUT2D eigenvalue weighted by Gasteiger charge is 2.27. The molecule has 1 aliphatic rings. The molecule has 1 atom stereocenters. The Morgan fingerprint density at radius 1 is 1.30 bits per heavy atom. The second kappa shape index (κ2) is 8.49.